The van der Waals surface area contributed by atoms with Gasteiger partial charge in [0.25, 0.3) is 8.32 Å². The van der Waals surface area contributed by atoms with Crippen LogP contribution < -0.4 is 20.6 Å². The number of anilines is 1. The number of aromatic nitrogens is 1. The number of ether oxygens (including phenoxy) is 1. The van der Waals surface area contributed by atoms with Crippen molar-refractivity contribution in [2.75, 3.05) is 11.4 Å². The summed E-state index contributed by atoms with van der Waals surface area (Å²) >= 11 is 1.65. The molecule has 0 spiro atoms. The van der Waals surface area contributed by atoms with E-state index < -0.39 is 20.0 Å². The largest absolute Gasteiger partial charge is 0.444 e. The van der Waals surface area contributed by atoms with Crippen molar-refractivity contribution in [3.8, 4) is 10.4 Å². The van der Waals surface area contributed by atoms with Gasteiger partial charge in [0.05, 0.1) is 16.1 Å². The number of hydrogen-bond acceptors (Lipinski definition) is 6. The Hall–Kier alpha value is -3.46. The maximum Gasteiger partial charge on any atom is 0.407 e. The normalized spacial score (nSPS) is 13.0. The number of aryl methyl sites for hydroxylation is 1. The molecular weight excluding hydrogens is 619 g/mol. The molecule has 0 fully saturated rings. The molecule has 6 nitrogen and oxygen atoms in total. The zero-order valence-corrected chi connectivity index (χ0v) is 31.7. The molecule has 47 heavy (non-hydrogen) atoms. The highest BCUT2D eigenvalue weighted by atomic mass is 32.1. The number of rotatable bonds is 12. The summed E-state index contributed by atoms with van der Waals surface area (Å²) in [7, 11) is -2.68. The van der Waals surface area contributed by atoms with Crippen molar-refractivity contribution in [2.45, 2.75) is 105 Å². The lowest BCUT2D eigenvalue weighted by Crippen LogP contribution is -2.67. The van der Waals surface area contributed by atoms with E-state index in [-0.39, 0.29) is 17.2 Å². The van der Waals surface area contributed by atoms with E-state index in [0.717, 1.165) is 40.4 Å². The second-order valence-electron chi connectivity index (χ2n) is 14.6. The molecule has 1 heterocycles. The summed E-state index contributed by atoms with van der Waals surface area (Å²) in [6, 6.07) is 28.4. The van der Waals surface area contributed by atoms with Crippen LogP contribution in [0.25, 0.3) is 10.4 Å². The summed E-state index contributed by atoms with van der Waals surface area (Å²) in [6.45, 7) is 22.5. The fraction of sp³-hybridized carbons (Fsp3) is 0.436. The summed E-state index contributed by atoms with van der Waals surface area (Å²) in [5, 5.41) is 5.47. The molecular formula is C39H53N3O3SSi. The molecule has 0 radical (unpaired) electrons. The Labute approximate surface area is 287 Å². The maximum atomic E-state index is 12.6. The Bertz CT molecular complexity index is 1550. The monoisotopic (exact) mass is 671 g/mol. The summed E-state index contributed by atoms with van der Waals surface area (Å²) < 4.78 is 13.0. The molecule has 0 aliphatic heterocycles. The highest BCUT2D eigenvalue weighted by Gasteiger charge is 2.51. The van der Waals surface area contributed by atoms with Gasteiger partial charge < -0.3 is 19.4 Å². The van der Waals surface area contributed by atoms with E-state index in [4.69, 9.17) is 9.16 Å². The van der Waals surface area contributed by atoms with Gasteiger partial charge in [0.1, 0.15) is 5.60 Å². The number of benzene rings is 3. The fourth-order valence-corrected chi connectivity index (χ4v) is 11.8. The summed E-state index contributed by atoms with van der Waals surface area (Å²) in [5.74, 6) is 0. The Kier molecular flexibility index (Phi) is 11.7. The molecule has 1 aromatic heterocycles. The van der Waals surface area contributed by atoms with Gasteiger partial charge in [0.15, 0.2) is 0 Å². The maximum absolute atomic E-state index is 12.6. The Balaban J connectivity index is 1.66. The predicted octanol–water partition coefficient (Wildman–Crippen LogP) is 8.71. The lowest BCUT2D eigenvalue weighted by molar-refractivity contribution is 0.0523. The van der Waals surface area contributed by atoms with Crippen LogP contribution in [0.5, 0.6) is 0 Å². The summed E-state index contributed by atoms with van der Waals surface area (Å²) in [5.41, 5.74) is 5.61. The van der Waals surface area contributed by atoms with E-state index in [1.165, 1.54) is 10.4 Å². The topological polar surface area (TPSA) is 63.7 Å². The van der Waals surface area contributed by atoms with Crippen molar-refractivity contribution in [1.82, 2.24) is 10.3 Å². The number of carbonyl (C=O) groups is 1. The number of carbonyl (C=O) groups excluding carboxylic acids is 1. The zero-order valence-electron chi connectivity index (χ0n) is 29.9. The van der Waals surface area contributed by atoms with Gasteiger partial charge in [-0.2, -0.15) is 0 Å². The van der Waals surface area contributed by atoms with E-state index in [0.29, 0.717) is 6.54 Å². The van der Waals surface area contributed by atoms with Crippen molar-refractivity contribution >= 4 is 41.8 Å². The number of thiazole rings is 1. The number of nitrogens with zero attached hydrogens (tertiary/aromatic N) is 2. The molecule has 1 N–H and O–H groups in total. The highest BCUT2D eigenvalue weighted by molar-refractivity contribution is 7.13. The second kappa shape index (κ2) is 15.2. The molecule has 4 aromatic rings. The van der Waals surface area contributed by atoms with Crippen LogP contribution in [0.1, 0.15) is 80.0 Å². The van der Waals surface area contributed by atoms with E-state index in [9.17, 15) is 4.79 Å². The average Bonchev–Trinajstić information content (AvgIpc) is 3.44. The van der Waals surface area contributed by atoms with Crippen molar-refractivity contribution in [1.29, 1.82) is 0 Å². The first-order chi connectivity index (χ1) is 22.1. The number of hydrogen-bond donors (Lipinski definition) is 1. The van der Waals surface area contributed by atoms with Gasteiger partial charge in [-0.3, -0.25) is 0 Å². The first-order valence-electron chi connectivity index (χ1n) is 16.7. The quantitative estimate of drug-likeness (QED) is 0.153. The average molecular weight is 672 g/mol. The van der Waals surface area contributed by atoms with E-state index in [2.05, 4.69) is 136 Å². The Morgan fingerprint density at radius 2 is 1.51 bits per heavy atom. The molecule has 0 aliphatic rings. The molecule has 0 saturated carbocycles. The van der Waals surface area contributed by atoms with Gasteiger partial charge in [-0.1, -0.05) is 93.6 Å². The summed E-state index contributed by atoms with van der Waals surface area (Å²) in [4.78, 5) is 20.7. The van der Waals surface area contributed by atoms with Crippen molar-refractivity contribution < 1.29 is 14.0 Å². The number of amides is 1. The number of alkyl carbamates (subject to hydrolysis) is 1. The predicted molar refractivity (Wildman–Crippen MR) is 201 cm³/mol. The lowest BCUT2D eigenvalue weighted by Gasteiger charge is -2.45. The molecule has 8 heteroatoms. The minimum Gasteiger partial charge on any atom is -0.444 e. The van der Waals surface area contributed by atoms with Crippen LogP contribution in [0.2, 0.25) is 5.04 Å². The molecule has 252 valence electrons. The molecule has 1 atom stereocenters. The second-order valence-corrected chi connectivity index (χ2v) is 19.7. The van der Waals surface area contributed by atoms with Gasteiger partial charge >= 0.3 is 6.09 Å². The molecule has 0 bridgehead atoms. The van der Waals surface area contributed by atoms with Crippen LogP contribution in [0.15, 0.2) is 84.4 Å². The SMILES string of the molecule is Cc1ncsc1-c1ccc(CNC(=O)OC(C)(C)C)c(N(CCC(C)O[Si](c2ccccc2)(c2ccccc2)C(C)(C)C)C(C)C)c1. The zero-order chi connectivity index (χ0) is 34.4. The molecule has 4 rings (SSSR count). The van der Waals surface area contributed by atoms with Crippen LogP contribution in [-0.2, 0) is 15.7 Å². The first kappa shape index (κ1) is 36.4. The van der Waals surface area contributed by atoms with E-state index in [1.54, 1.807) is 11.3 Å². The third-order valence-corrected chi connectivity index (χ3v) is 14.6. The van der Waals surface area contributed by atoms with Crippen LogP contribution in [0.3, 0.4) is 0 Å². The van der Waals surface area contributed by atoms with Crippen molar-refractivity contribution in [3.05, 3.63) is 95.6 Å². The van der Waals surface area contributed by atoms with Crippen molar-refractivity contribution in [3.63, 3.8) is 0 Å². The molecule has 0 aliphatic carbocycles. The lowest BCUT2D eigenvalue weighted by atomic mass is 10.0. The van der Waals surface area contributed by atoms with Gasteiger partial charge in [0, 0.05) is 30.9 Å². The third-order valence-electron chi connectivity index (χ3n) is 8.42. The molecule has 0 saturated heterocycles. The third kappa shape index (κ3) is 8.92. The number of nitrogens with one attached hydrogen (secondary N) is 1. The minimum atomic E-state index is -2.68. The van der Waals surface area contributed by atoms with E-state index >= 15 is 0 Å². The fourth-order valence-electron chi connectivity index (χ4n) is 6.21. The summed E-state index contributed by atoms with van der Waals surface area (Å²) in [6.07, 6.45) is 0.415. The molecule has 1 amide bonds. The smallest absolute Gasteiger partial charge is 0.407 e. The van der Waals surface area contributed by atoms with Crippen LogP contribution in [-0.4, -0.2) is 43.7 Å². The van der Waals surface area contributed by atoms with Gasteiger partial charge in [-0.15, -0.1) is 11.3 Å². The molecule has 1 unspecified atom stereocenters. The van der Waals surface area contributed by atoms with Gasteiger partial charge in [-0.05, 0) is 87.5 Å². The van der Waals surface area contributed by atoms with E-state index in [1.807, 2.05) is 33.2 Å². The minimum absolute atomic E-state index is 0.00202. The standard InChI is InChI=1S/C39H53N3O3SSi/c1-28(2)42(35-25-31(36-30(4)41-27-46-36)21-22-32(35)26-40-37(43)44-38(5,6)7)24-23-29(3)45-47(39(8,9)10,33-17-13-11-14-18-33)34-19-15-12-16-20-34/h11-22,25,27-29H,23-24,26H2,1-10H3,(H,40,43). The highest BCUT2D eigenvalue weighted by Crippen LogP contribution is 2.38. The molecule has 3 aromatic carbocycles. The van der Waals surface area contributed by atoms with Crippen LogP contribution in [0.4, 0.5) is 10.5 Å². The first-order valence-corrected chi connectivity index (χ1v) is 19.5. The van der Waals surface area contributed by atoms with Gasteiger partial charge in [-0.25, -0.2) is 9.78 Å². The van der Waals surface area contributed by atoms with Crippen LogP contribution in [0, 0.1) is 6.92 Å². The Morgan fingerprint density at radius 3 is 2.00 bits per heavy atom. The van der Waals surface area contributed by atoms with Gasteiger partial charge in [0.2, 0.25) is 0 Å². The van der Waals surface area contributed by atoms with Crippen LogP contribution >= 0.6 is 11.3 Å². The van der Waals surface area contributed by atoms with Crippen molar-refractivity contribution in [2.24, 2.45) is 0 Å². The Morgan fingerprint density at radius 1 is 0.915 bits per heavy atom.